The first-order chi connectivity index (χ1) is 11.6. The van der Waals surface area contributed by atoms with Crippen molar-refractivity contribution in [1.82, 2.24) is 4.98 Å². The molecule has 1 heterocycles. The summed E-state index contributed by atoms with van der Waals surface area (Å²) in [6, 6.07) is 8.27. The van der Waals surface area contributed by atoms with Gasteiger partial charge in [-0.1, -0.05) is 49.4 Å². The highest BCUT2D eigenvalue weighted by molar-refractivity contribution is 8.01. The van der Waals surface area contributed by atoms with Crippen molar-refractivity contribution in [3.63, 3.8) is 0 Å². The molecule has 0 atom stereocenters. The van der Waals surface area contributed by atoms with Crippen LogP contribution in [0.2, 0.25) is 0 Å². The van der Waals surface area contributed by atoms with Crippen LogP contribution < -0.4 is 5.73 Å². The predicted octanol–water partition coefficient (Wildman–Crippen LogP) is 3.32. The molecule has 0 aliphatic carbocycles. The largest absolute Gasteiger partial charge is 0.394 e. The van der Waals surface area contributed by atoms with E-state index in [0.29, 0.717) is 6.42 Å². The second-order valence-corrected chi connectivity index (χ2v) is 8.28. The lowest BCUT2D eigenvalue weighted by Gasteiger charge is -2.24. The third-order valence-electron chi connectivity index (χ3n) is 4.00. The third kappa shape index (κ3) is 5.57. The monoisotopic (exact) mass is 366 g/mol. The molecule has 0 radical (unpaired) electrons. The molecule has 0 saturated heterocycles. The number of nitrogens with two attached hydrogens (primary N) is 1. The average Bonchev–Trinajstić information content (AvgIpc) is 3.09. The lowest BCUT2D eigenvalue weighted by molar-refractivity contribution is 0.115. The summed E-state index contributed by atoms with van der Waals surface area (Å²) in [5, 5.41) is 20.6. The van der Waals surface area contributed by atoms with E-state index in [2.05, 4.69) is 41.6 Å². The fraction of sp³-hybridized carbons (Fsp3) is 0.500. The van der Waals surface area contributed by atoms with E-state index in [1.54, 1.807) is 11.3 Å². The molecule has 2 rings (SSSR count). The Morgan fingerprint density at radius 3 is 2.54 bits per heavy atom. The maximum Gasteiger partial charge on any atom is 0.150 e. The van der Waals surface area contributed by atoms with Crippen LogP contribution in [-0.4, -0.2) is 39.7 Å². The minimum absolute atomic E-state index is 0.209. The number of hydrogen-bond donors (Lipinski definition) is 3. The smallest absolute Gasteiger partial charge is 0.150 e. The first-order valence-electron chi connectivity index (χ1n) is 8.28. The van der Waals surface area contributed by atoms with E-state index in [1.807, 2.05) is 11.8 Å². The molecule has 4 nitrogen and oxygen atoms in total. The SMILES string of the molecule is CCCCSc1nc(-c2ccc(CCC(N)(CO)CO)cc2)cs1. The summed E-state index contributed by atoms with van der Waals surface area (Å²) in [6.07, 6.45) is 3.71. The van der Waals surface area contributed by atoms with Gasteiger partial charge in [-0.25, -0.2) is 4.98 Å². The molecule has 6 heteroatoms. The van der Waals surface area contributed by atoms with Crippen molar-refractivity contribution in [3.8, 4) is 11.3 Å². The highest BCUT2D eigenvalue weighted by atomic mass is 32.2. The van der Waals surface area contributed by atoms with E-state index >= 15 is 0 Å². The maximum absolute atomic E-state index is 9.24. The van der Waals surface area contributed by atoms with Gasteiger partial charge >= 0.3 is 0 Å². The third-order valence-corrected chi connectivity index (χ3v) is 6.10. The van der Waals surface area contributed by atoms with E-state index in [4.69, 9.17) is 5.73 Å². The number of hydrogen-bond acceptors (Lipinski definition) is 6. The second-order valence-electron chi connectivity index (χ2n) is 6.08. The van der Waals surface area contributed by atoms with E-state index in [9.17, 15) is 10.2 Å². The zero-order chi connectivity index (χ0) is 17.4. The van der Waals surface area contributed by atoms with Crippen LogP contribution in [-0.2, 0) is 6.42 Å². The average molecular weight is 367 g/mol. The summed E-state index contributed by atoms with van der Waals surface area (Å²) >= 11 is 3.52. The van der Waals surface area contributed by atoms with Crippen LogP contribution in [0.4, 0.5) is 0 Å². The van der Waals surface area contributed by atoms with Crippen molar-refractivity contribution in [3.05, 3.63) is 35.2 Å². The van der Waals surface area contributed by atoms with Gasteiger partial charge in [0.1, 0.15) is 0 Å². The Bertz CT molecular complexity index is 610. The molecule has 0 unspecified atom stereocenters. The van der Waals surface area contributed by atoms with Crippen molar-refractivity contribution in [2.75, 3.05) is 19.0 Å². The number of rotatable bonds is 10. The van der Waals surface area contributed by atoms with Gasteiger partial charge in [-0.15, -0.1) is 11.3 Å². The molecule has 4 N–H and O–H groups in total. The Hall–Kier alpha value is -0.920. The van der Waals surface area contributed by atoms with Gasteiger partial charge in [0.2, 0.25) is 0 Å². The van der Waals surface area contributed by atoms with Crippen molar-refractivity contribution >= 4 is 23.1 Å². The Kier molecular flexibility index (Phi) is 7.71. The molecule has 1 aromatic carbocycles. The predicted molar refractivity (Wildman–Crippen MR) is 103 cm³/mol. The molecular formula is C18H26N2O2S2. The highest BCUT2D eigenvalue weighted by Crippen LogP contribution is 2.29. The minimum atomic E-state index is -0.905. The van der Waals surface area contributed by atoms with Gasteiger partial charge in [0.15, 0.2) is 4.34 Å². The number of unbranched alkanes of at least 4 members (excludes halogenated alkanes) is 1. The van der Waals surface area contributed by atoms with Crippen LogP contribution >= 0.6 is 23.1 Å². The Labute approximate surface area is 152 Å². The van der Waals surface area contributed by atoms with Crippen molar-refractivity contribution in [2.24, 2.45) is 5.73 Å². The van der Waals surface area contributed by atoms with E-state index in [1.165, 1.54) is 12.8 Å². The van der Waals surface area contributed by atoms with Gasteiger partial charge in [0, 0.05) is 16.7 Å². The maximum atomic E-state index is 9.24. The number of benzene rings is 1. The summed E-state index contributed by atoms with van der Waals surface area (Å²) in [5.41, 5.74) is 8.27. The van der Waals surface area contributed by atoms with Crippen molar-refractivity contribution in [1.29, 1.82) is 0 Å². The number of aryl methyl sites for hydroxylation is 1. The minimum Gasteiger partial charge on any atom is -0.394 e. The molecular weight excluding hydrogens is 340 g/mol. The number of thiazole rings is 1. The first-order valence-corrected chi connectivity index (χ1v) is 10.1. The molecule has 1 aromatic heterocycles. The Morgan fingerprint density at radius 1 is 1.21 bits per heavy atom. The van der Waals surface area contributed by atoms with E-state index < -0.39 is 5.54 Å². The molecule has 24 heavy (non-hydrogen) atoms. The number of aliphatic hydroxyl groups is 2. The zero-order valence-corrected chi connectivity index (χ0v) is 15.7. The molecule has 0 bridgehead atoms. The molecule has 0 amide bonds. The zero-order valence-electron chi connectivity index (χ0n) is 14.1. The van der Waals surface area contributed by atoms with Crippen molar-refractivity contribution < 1.29 is 10.2 Å². The first kappa shape index (κ1) is 19.4. The molecule has 0 aliphatic heterocycles. The molecule has 0 spiro atoms. The molecule has 0 fully saturated rings. The van der Waals surface area contributed by atoms with Gasteiger partial charge in [-0.05, 0) is 24.8 Å². The summed E-state index contributed by atoms with van der Waals surface area (Å²) in [5.74, 6) is 1.12. The molecule has 132 valence electrons. The summed E-state index contributed by atoms with van der Waals surface area (Å²) in [7, 11) is 0. The Morgan fingerprint density at radius 2 is 1.92 bits per heavy atom. The number of aliphatic hydroxyl groups excluding tert-OH is 2. The normalized spacial score (nSPS) is 11.8. The van der Waals surface area contributed by atoms with Gasteiger partial charge < -0.3 is 15.9 Å². The lowest BCUT2D eigenvalue weighted by atomic mass is 9.93. The topological polar surface area (TPSA) is 79.4 Å². The van der Waals surface area contributed by atoms with Gasteiger partial charge in [0.25, 0.3) is 0 Å². The lowest BCUT2D eigenvalue weighted by Crippen LogP contribution is -2.47. The number of nitrogens with zero attached hydrogens (tertiary/aromatic N) is 1. The summed E-state index contributed by atoms with van der Waals surface area (Å²) in [6.45, 7) is 1.78. The van der Waals surface area contributed by atoms with Crippen LogP contribution in [0.3, 0.4) is 0 Å². The Balaban J connectivity index is 1.94. The summed E-state index contributed by atoms with van der Waals surface area (Å²) in [4.78, 5) is 4.69. The fourth-order valence-corrected chi connectivity index (χ4v) is 4.19. The van der Waals surface area contributed by atoms with Crippen LogP contribution in [0, 0.1) is 0 Å². The quantitative estimate of drug-likeness (QED) is 0.444. The van der Waals surface area contributed by atoms with Crippen LogP contribution in [0.15, 0.2) is 34.0 Å². The van der Waals surface area contributed by atoms with Crippen LogP contribution in [0.5, 0.6) is 0 Å². The van der Waals surface area contributed by atoms with Gasteiger partial charge in [-0.2, -0.15) is 0 Å². The molecule has 0 saturated carbocycles. The standard InChI is InChI=1S/C18H26N2O2S2/c1-2-3-10-23-17-20-16(11-24-17)15-6-4-14(5-7-15)8-9-18(19,12-21)13-22/h4-7,11,21-22H,2-3,8-10,12-13,19H2,1H3. The van der Waals surface area contributed by atoms with Crippen LogP contribution in [0.1, 0.15) is 31.7 Å². The van der Waals surface area contributed by atoms with E-state index in [-0.39, 0.29) is 13.2 Å². The fourth-order valence-electron chi connectivity index (χ4n) is 2.20. The van der Waals surface area contributed by atoms with Crippen molar-refractivity contribution in [2.45, 2.75) is 42.5 Å². The number of thioether (sulfide) groups is 1. The molecule has 2 aromatic rings. The highest BCUT2D eigenvalue weighted by Gasteiger charge is 2.22. The van der Waals surface area contributed by atoms with Gasteiger partial charge in [-0.3, -0.25) is 0 Å². The van der Waals surface area contributed by atoms with Crippen LogP contribution in [0.25, 0.3) is 11.3 Å². The number of aromatic nitrogens is 1. The second kappa shape index (κ2) is 9.53. The molecule has 0 aliphatic rings. The summed E-state index contributed by atoms with van der Waals surface area (Å²) < 4.78 is 1.13. The van der Waals surface area contributed by atoms with Gasteiger partial charge in [0.05, 0.1) is 24.4 Å². The van der Waals surface area contributed by atoms with E-state index in [0.717, 1.165) is 33.3 Å².